The lowest BCUT2D eigenvalue weighted by atomic mass is 10.2. The Morgan fingerprint density at radius 2 is 2.05 bits per heavy atom. The second-order valence-electron chi connectivity index (χ2n) is 4.81. The number of amides is 1. The first-order valence-corrected chi connectivity index (χ1v) is 6.74. The number of benzene rings is 1. The van der Waals surface area contributed by atoms with Crippen LogP contribution < -0.4 is 11.1 Å². The number of alkyl halides is 3. The average molecular weight is 303 g/mol. The second kappa shape index (κ2) is 7.87. The van der Waals surface area contributed by atoms with Crippen molar-refractivity contribution in [3.8, 4) is 0 Å². The van der Waals surface area contributed by atoms with Crippen LogP contribution in [0.15, 0.2) is 24.3 Å². The van der Waals surface area contributed by atoms with Crippen LogP contribution in [0.3, 0.4) is 0 Å². The zero-order valence-electron chi connectivity index (χ0n) is 11.9. The number of nitrogens with two attached hydrogens (primary N) is 1. The highest BCUT2D eigenvalue weighted by molar-refractivity contribution is 5.91. The number of hydrogen-bond acceptors (Lipinski definition) is 3. The molecule has 0 unspecified atom stereocenters. The topological polar surface area (TPSA) is 58.4 Å². The molecule has 1 amide bonds. The first-order chi connectivity index (χ1) is 9.80. The molecule has 0 aromatic heterocycles. The van der Waals surface area contributed by atoms with Gasteiger partial charge in [0.1, 0.15) is 0 Å². The number of nitrogens with zero attached hydrogens (tertiary/aromatic N) is 1. The molecule has 0 heterocycles. The van der Waals surface area contributed by atoms with Gasteiger partial charge in [-0.05, 0) is 31.2 Å². The fourth-order valence-corrected chi connectivity index (χ4v) is 1.94. The summed E-state index contributed by atoms with van der Waals surface area (Å²) in [5.74, 6) is -0.330. The van der Waals surface area contributed by atoms with Crippen molar-refractivity contribution >= 4 is 17.3 Å². The second-order valence-corrected chi connectivity index (χ2v) is 4.81. The molecular formula is C14H20F3N3O. The summed E-state index contributed by atoms with van der Waals surface area (Å²) in [5.41, 5.74) is 6.63. The number of carbonyl (C=O) groups excluding carboxylic acids is 1. The molecule has 0 spiro atoms. The van der Waals surface area contributed by atoms with Crippen LogP contribution >= 0.6 is 0 Å². The fraction of sp³-hybridized carbons (Fsp3) is 0.500. The van der Waals surface area contributed by atoms with Crippen molar-refractivity contribution in [1.82, 2.24) is 4.90 Å². The van der Waals surface area contributed by atoms with Crippen LogP contribution in [-0.2, 0) is 4.79 Å². The highest BCUT2D eigenvalue weighted by Gasteiger charge is 2.30. The Morgan fingerprint density at radius 1 is 1.33 bits per heavy atom. The maximum absolute atomic E-state index is 12.4. The van der Waals surface area contributed by atoms with Gasteiger partial charge in [-0.3, -0.25) is 9.69 Å². The molecule has 118 valence electrons. The number of hydrogen-bond donors (Lipinski definition) is 2. The van der Waals surface area contributed by atoms with Crippen LogP contribution in [0.5, 0.6) is 0 Å². The first-order valence-electron chi connectivity index (χ1n) is 6.74. The minimum absolute atomic E-state index is 0.00484. The fourth-order valence-electron chi connectivity index (χ4n) is 1.94. The lowest BCUT2D eigenvalue weighted by molar-refractivity contribution is -0.146. The van der Waals surface area contributed by atoms with E-state index in [-0.39, 0.29) is 18.9 Å². The molecule has 1 aromatic carbocycles. The molecule has 0 aliphatic heterocycles. The van der Waals surface area contributed by atoms with Crippen LogP contribution in [0.4, 0.5) is 24.5 Å². The Labute approximate surface area is 122 Å². The molecule has 3 N–H and O–H groups in total. The summed E-state index contributed by atoms with van der Waals surface area (Å²) in [6.07, 6.45) is -3.64. The summed E-state index contributed by atoms with van der Waals surface area (Å²) in [6, 6.07) is 6.64. The Morgan fingerprint density at radius 3 is 2.62 bits per heavy atom. The van der Waals surface area contributed by atoms with Gasteiger partial charge in [0.25, 0.3) is 0 Å². The van der Waals surface area contributed by atoms with Crippen molar-refractivity contribution in [2.45, 2.75) is 25.9 Å². The monoisotopic (exact) mass is 303 g/mol. The normalized spacial score (nSPS) is 11.7. The van der Waals surface area contributed by atoms with E-state index < -0.39 is 12.7 Å². The van der Waals surface area contributed by atoms with Crippen molar-refractivity contribution in [3.63, 3.8) is 0 Å². The predicted molar refractivity (Wildman–Crippen MR) is 76.9 cm³/mol. The summed E-state index contributed by atoms with van der Waals surface area (Å²) in [5, 5.41) is 2.62. The highest BCUT2D eigenvalue weighted by atomic mass is 19.4. The number of rotatable bonds is 7. The van der Waals surface area contributed by atoms with Gasteiger partial charge in [-0.15, -0.1) is 0 Å². The van der Waals surface area contributed by atoms with Crippen LogP contribution in [-0.4, -0.2) is 36.6 Å². The predicted octanol–water partition coefficient (Wildman–Crippen LogP) is 2.87. The minimum Gasteiger partial charge on any atom is -0.399 e. The Bertz CT molecular complexity index is 463. The van der Waals surface area contributed by atoms with Crippen LogP contribution in [0.25, 0.3) is 0 Å². The molecule has 0 radical (unpaired) electrons. The summed E-state index contributed by atoms with van der Waals surface area (Å²) in [6.45, 7) is 1.19. The van der Waals surface area contributed by atoms with E-state index in [9.17, 15) is 18.0 Å². The van der Waals surface area contributed by atoms with Gasteiger partial charge in [0.15, 0.2) is 0 Å². The van der Waals surface area contributed by atoms with Gasteiger partial charge >= 0.3 is 6.18 Å². The van der Waals surface area contributed by atoms with Gasteiger partial charge in [-0.25, -0.2) is 0 Å². The third-order valence-electron chi connectivity index (χ3n) is 2.77. The number of nitrogens with one attached hydrogen (secondary N) is 1. The number of carbonyl (C=O) groups is 1. The molecule has 0 aliphatic rings. The zero-order valence-corrected chi connectivity index (χ0v) is 11.9. The van der Waals surface area contributed by atoms with E-state index >= 15 is 0 Å². The van der Waals surface area contributed by atoms with E-state index in [0.717, 1.165) is 0 Å². The molecule has 0 bridgehead atoms. The average Bonchev–Trinajstić information content (AvgIpc) is 2.34. The molecule has 0 atom stereocenters. The number of halogens is 3. The van der Waals surface area contributed by atoms with Crippen LogP contribution in [0, 0.1) is 0 Å². The van der Waals surface area contributed by atoms with E-state index in [1.165, 1.54) is 4.90 Å². The van der Waals surface area contributed by atoms with Gasteiger partial charge in [0, 0.05) is 24.3 Å². The third kappa shape index (κ3) is 7.55. The van der Waals surface area contributed by atoms with E-state index in [2.05, 4.69) is 5.32 Å². The molecule has 0 saturated heterocycles. The maximum atomic E-state index is 12.4. The SMILES string of the molecule is CCCN(CCC(=O)Nc1cccc(N)c1)CC(F)(F)F. The maximum Gasteiger partial charge on any atom is 0.401 e. The molecule has 1 rings (SSSR count). The minimum atomic E-state index is -4.25. The smallest absolute Gasteiger partial charge is 0.399 e. The van der Waals surface area contributed by atoms with E-state index in [0.29, 0.717) is 24.3 Å². The Kier molecular flexibility index (Phi) is 6.48. The van der Waals surface area contributed by atoms with E-state index in [1.54, 1.807) is 31.2 Å². The lowest BCUT2D eigenvalue weighted by Crippen LogP contribution is -2.36. The largest absolute Gasteiger partial charge is 0.401 e. The van der Waals surface area contributed by atoms with Crippen molar-refractivity contribution in [1.29, 1.82) is 0 Å². The molecule has 0 saturated carbocycles. The van der Waals surface area contributed by atoms with Gasteiger partial charge in [-0.1, -0.05) is 13.0 Å². The van der Waals surface area contributed by atoms with E-state index in [1.807, 2.05) is 0 Å². The zero-order chi connectivity index (χ0) is 15.9. The van der Waals surface area contributed by atoms with Gasteiger partial charge in [0.05, 0.1) is 6.54 Å². The number of anilines is 2. The van der Waals surface area contributed by atoms with Crippen LogP contribution in [0.2, 0.25) is 0 Å². The summed E-state index contributed by atoms with van der Waals surface area (Å²) in [7, 11) is 0. The van der Waals surface area contributed by atoms with Crippen molar-refractivity contribution in [2.75, 3.05) is 30.7 Å². The van der Waals surface area contributed by atoms with Gasteiger partial charge < -0.3 is 11.1 Å². The highest BCUT2D eigenvalue weighted by Crippen LogP contribution is 2.17. The molecular weight excluding hydrogens is 283 g/mol. The molecule has 1 aromatic rings. The van der Waals surface area contributed by atoms with Crippen LogP contribution in [0.1, 0.15) is 19.8 Å². The van der Waals surface area contributed by atoms with Gasteiger partial charge in [0.2, 0.25) is 5.91 Å². The third-order valence-corrected chi connectivity index (χ3v) is 2.77. The quantitative estimate of drug-likeness (QED) is 0.762. The molecule has 21 heavy (non-hydrogen) atoms. The lowest BCUT2D eigenvalue weighted by Gasteiger charge is -2.22. The van der Waals surface area contributed by atoms with Crippen molar-refractivity contribution < 1.29 is 18.0 Å². The molecule has 0 fully saturated rings. The summed E-state index contributed by atoms with van der Waals surface area (Å²) < 4.78 is 37.2. The standard InChI is InChI=1S/C14H20F3N3O/c1-2-7-20(10-14(15,16)17)8-6-13(21)19-12-5-3-4-11(18)9-12/h3-5,9H,2,6-8,10,18H2,1H3,(H,19,21). The summed E-state index contributed by atoms with van der Waals surface area (Å²) in [4.78, 5) is 13.0. The molecule has 4 nitrogen and oxygen atoms in total. The number of nitrogen functional groups attached to an aromatic ring is 1. The van der Waals surface area contributed by atoms with Crippen molar-refractivity contribution in [2.24, 2.45) is 0 Å². The Balaban J connectivity index is 2.46. The van der Waals surface area contributed by atoms with Gasteiger partial charge in [-0.2, -0.15) is 13.2 Å². The Hall–Kier alpha value is -1.76. The molecule has 7 heteroatoms. The summed E-state index contributed by atoms with van der Waals surface area (Å²) >= 11 is 0. The van der Waals surface area contributed by atoms with E-state index in [4.69, 9.17) is 5.73 Å². The molecule has 0 aliphatic carbocycles. The van der Waals surface area contributed by atoms with Crippen molar-refractivity contribution in [3.05, 3.63) is 24.3 Å². The first kappa shape index (κ1) is 17.3.